The number of hydrogen-bond donors (Lipinski definition) is 2. The van der Waals surface area contributed by atoms with Crippen molar-refractivity contribution in [3.05, 3.63) is 51.2 Å². The van der Waals surface area contributed by atoms with Gasteiger partial charge in [0.15, 0.2) is 6.61 Å². The molecule has 0 bridgehead atoms. The molecule has 2 amide bonds. The molecule has 0 unspecified atom stereocenters. The van der Waals surface area contributed by atoms with Crippen molar-refractivity contribution in [3.63, 3.8) is 0 Å². The normalized spacial score (nSPS) is 15.8. The van der Waals surface area contributed by atoms with Gasteiger partial charge in [0.25, 0.3) is 5.91 Å². The predicted molar refractivity (Wildman–Crippen MR) is 99.4 cm³/mol. The minimum atomic E-state index is -0.537. The Morgan fingerprint density at radius 2 is 2.00 bits per heavy atom. The number of rotatable bonds is 5. The molecule has 0 aliphatic heterocycles. The van der Waals surface area contributed by atoms with Gasteiger partial charge in [0.2, 0.25) is 5.91 Å². The number of nitrogens with two attached hydrogens (primary N) is 1. The minimum Gasteiger partial charge on any atom is -0.451 e. The Kier molecular flexibility index (Phi) is 5.37. The second-order valence-electron chi connectivity index (χ2n) is 6.47. The maximum Gasteiger partial charge on any atom is 0.348 e. The van der Waals surface area contributed by atoms with E-state index in [-0.39, 0.29) is 6.61 Å². The third-order valence-electron chi connectivity index (χ3n) is 4.32. The number of nitrogens with one attached hydrogen (secondary N) is 1. The van der Waals surface area contributed by atoms with Crippen LogP contribution in [0, 0.1) is 5.92 Å². The van der Waals surface area contributed by atoms with E-state index in [9.17, 15) is 14.4 Å². The second kappa shape index (κ2) is 7.70. The molecule has 7 heteroatoms. The molecule has 0 saturated carbocycles. The molecule has 3 rings (SSSR count). The van der Waals surface area contributed by atoms with Crippen LogP contribution >= 0.6 is 11.3 Å². The van der Waals surface area contributed by atoms with Gasteiger partial charge < -0.3 is 15.8 Å². The van der Waals surface area contributed by atoms with E-state index in [0.29, 0.717) is 22.0 Å². The summed E-state index contributed by atoms with van der Waals surface area (Å²) in [5.74, 6) is -0.825. The number of amides is 2. The highest BCUT2D eigenvalue weighted by Gasteiger charge is 2.21. The number of carbonyl (C=O) groups is 3. The molecule has 1 aromatic heterocycles. The maximum absolute atomic E-state index is 12.2. The fourth-order valence-corrected chi connectivity index (χ4v) is 4.03. The second-order valence-corrected chi connectivity index (χ2v) is 7.61. The van der Waals surface area contributed by atoms with Crippen LogP contribution in [-0.2, 0) is 22.4 Å². The SMILES string of the molecule is C[C@H]1CCc2sc(C(=O)OCC(=O)Nc3ccc(C(N)=O)cc3)cc2C1. The van der Waals surface area contributed by atoms with E-state index in [0.717, 1.165) is 19.3 Å². The number of primary amides is 1. The highest BCUT2D eigenvalue weighted by atomic mass is 32.1. The molecule has 0 spiro atoms. The summed E-state index contributed by atoms with van der Waals surface area (Å²) in [6, 6.07) is 8.04. The zero-order chi connectivity index (χ0) is 18.7. The number of hydrogen-bond acceptors (Lipinski definition) is 5. The first-order valence-electron chi connectivity index (χ1n) is 8.41. The average molecular weight is 372 g/mol. The van der Waals surface area contributed by atoms with Crippen LogP contribution in [0.3, 0.4) is 0 Å². The quantitative estimate of drug-likeness (QED) is 0.789. The molecule has 0 radical (unpaired) electrons. The number of aryl methyl sites for hydroxylation is 1. The number of esters is 1. The molecule has 2 aromatic rings. The van der Waals surface area contributed by atoms with E-state index in [2.05, 4.69) is 12.2 Å². The monoisotopic (exact) mass is 372 g/mol. The van der Waals surface area contributed by atoms with Gasteiger partial charge in [-0.2, -0.15) is 0 Å². The van der Waals surface area contributed by atoms with Crippen LogP contribution in [0.4, 0.5) is 5.69 Å². The topological polar surface area (TPSA) is 98.5 Å². The minimum absolute atomic E-state index is 0.352. The molecule has 1 atom stereocenters. The van der Waals surface area contributed by atoms with Gasteiger partial charge >= 0.3 is 5.97 Å². The summed E-state index contributed by atoms with van der Waals surface area (Å²) >= 11 is 1.46. The maximum atomic E-state index is 12.2. The summed E-state index contributed by atoms with van der Waals surface area (Å²) in [5.41, 5.74) is 7.23. The lowest BCUT2D eigenvalue weighted by atomic mass is 9.90. The lowest BCUT2D eigenvalue weighted by molar-refractivity contribution is -0.119. The standard InChI is InChI=1S/C19H20N2O4S/c1-11-2-7-15-13(8-11)9-16(26-15)19(24)25-10-17(22)21-14-5-3-12(4-6-14)18(20)23/h3-6,9,11H,2,7-8,10H2,1H3,(H2,20,23)(H,21,22)/t11-/m0/s1. The van der Waals surface area contributed by atoms with Crippen molar-refractivity contribution >= 4 is 34.8 Å². The van der Waals surface area contributed by atoms with Gasteiger partial charge in [-0.1, -0.05) is 6.92 Å². The molecule has 1 aliphatic rings. The number of fused-ring (bicyclic) bond motifs is 1. The van der Waals surface area contributed by atoms with Crippen molar-refractivity contribution < 1.29 is 19.1 Å². The van der Waals surface area contributed by atoms with Gasteiger partial charge in [-0.05, 0) is 61.1 Å². The van der Waals surface area contributed by atoms with E-state index >= 15 is 0 Å². The largest absolute Gasteiger partial charge is 0.451 e. The Hall–Kier alpha value is -2.67. The molecule has 6 nitrogen and oxygen atoms in total. The van der Waals surface area contributed by atoms with Crippen molar-refractivity contribution in [3.8, 4) is 0 Å². The summed E-state index contributed by atoms with van der Waals surface area (Å²) in [7, 11) is 0. The van der Waals surface area contributed by atoms with Crippen molar-refractivity contribution in [1.82, 2.24) is 0 Å². The Bertz CT molecular complexity index is 842. The molecule has 1 aliphatic carbocycles. The van der Waals surface area contributed by atoms with E-state index < -0.39 is 17.8 Å². The van der Waals surface area contributed by atoms with Crippen LogP contribution in [0.15, 0.2) is 30.3 Å². The Labute approximate surface area is 155 Å². The Balaban J connectivity index is 1.52. The number of anilines is 1. The first kappa shape index (κ1) is 18.1. The predicted octanol–water partition coefficient (Wildman–Crippen LogP) is 2.77. The van der Waals surface area contributed by atoms with Gasteiger partial charge in [0.1, 0.15) is 4.88 Å². The van der Waals surface area contributed by atoms with Crippen LogP contribution in [0.2, 0.25) is 0 Å². The van der Waals surface area contributed by atoms with Crippen LogP contribution < -0.4 is 11.1 Å². The number of ether oxygens (including phenoxy) is 1. The van der Waals surface area contributed by atoms with Crippen molar-refractivity contribution in [2.75, 3.05) is 11.9 Å². The van der Waals surface area contributed by atoms with Gasteiger partial charge in [-0.25, -0.2) is 4.79 Å². The summed E-state index contributed by atoms with van der Waals surface area (Å²) in [6.45, 7) is 1.84. The van der Waals surface area contributed by atoms with E-state index in [4.69, 9.17) is 10.5 Å². The van der Waals surface area contributed by atoms with Gasteiger partial charge in [-0.15, -0.1) is 11.3 Å². The van der Waals surface area contributed by atoms with Gasteiger partial charge in [-0.3, -0.25) is 9.59 Å². The van der Waals surface area contributed by atoms with E-state index in [1.54, 1.807) is 12.1 Å². The number of benzene rings is 1. The summed E-state index contributed by atoms with van der Waals surface area (Å²) < 4.78 is 5.11. The van der Waals surface area contributed by atoms with E-state index in [1.165, 1.54) is 33.9 Å². The van der Waals surface area contributed by atoms with Gasteiger partial charge in [0.05, 0.1) is 0 Å². The Morgan fingerprint density at radius 3 is 2.69 bits per heavy atom. The fourth-order valence-electron chi connectivity index (χ4n) is 2.92. The first-order chi connectivity index (χ1) is 12.4. The first-order valence-corrected chi connectivity index (χ1v) is 9.22. The summed E-state index contributed by atoms with van der Waals surface area (Å²) in [4.78, 5) is 36.9. The molecule has 136 valence electrons. The van der Waals surface area contributed by atoms with Gasteiger partial charge in [0, 0.05) is 16.1 Å². The highest BCUT2D eigenvalue weighted by molar-refractivity contribution is 7.14. The molecular weight excluding hydrogens is 352 g/mol. The lowest BCUT2D eigenvalue weighted by Crippen LogP contribution is -2.20. The molecule has 1 heterocycles. The fraction of sp³-hybridized carbons (Fsp3) is 0.316. The lowest BCUT2D eigenvalue weighted by Gasteiger charge is -2.16. The van der Waals surface area contributed by atoms with Crippen LogP contribution in [0.25, 0.3) is 0 Å². The van der Waals surface area contributed by atoms with Crippen molar-refractivity contribution in [1.29, 1.82) is 0 Å². The third-order valence-corrected chi connectivity index (χ3v) is 5.54. The number of thiophene rings is 1. The molecular formula is C19H20N2O4S. The Morgan fingerprint density at radius 1 is 1.27 bits per heavy atom. The highest BCUT2D eigenvalue weighted by Crippen LogP contribution is 2.32. The third kappa shape index (κ3) is 4.29. The van der Waals surface area contributed by atoms with Crippen LogP contribution in [-0.4, -0.2) is 24.4 Å². The molecule has 0 saturated heterocycles. The van der Waals surface area contributed by atoms with Crippen LogP contribution in [0.1, 0.15) is 43.8 Å². The van der Waals surface area contributed by atoms with Crippen LogP contribution in [0.5, 0.6) is 0 Å². The van der Waals surface area contributed by atoms with Crippen molar-refractivity contribution in [2.24, 2.45) is 11.7 Å². The molecule has 3 N–H and O–H groups in total. The molecule has 26 heavy (non-hydrogen) atoms. The molecule has 0 fully saturated rings. The number of carbonyl (C=O) groups excluding carboxylic acids is 3. The zero-order valence-electron chi connectivity index (χ0n) is 14.4. The van der Waals surface area contributed by atoms with E-state index in [1.807, 2.05) is 6.07 Å². The van der Waals surface area contributed by atoms with Crippen molar-refractivity contribution in [2.45, 2.75) is 26.2 Å². The summed E-state index contributed by atoms with van der Waals surface area (Å²) in [5, 5.41) is 2.60. The summed E-state index contributed by atoms with van der Waals surface area (Å²) in [6.07, 6.45) is 3.12. The molecule has 1 aromatic carbocycles. The smallest absolute Gasteiger partial charge is 0.348 e. The zero-order valence-corrected chi connectivity index (χ0v) is 15.2. The average Bonchev–Trinajstić information content (AvgIpc) is 3.03.